The van der Waals surface area contributed by atoms with E-state index in [2.05, 4.69) is 21.9 Å². The van der Waals surface area contributed by atoms with Gasteiger partial charge in [-0.1, -0.05) is 21.9 Å². The summed E-state index contributed by atoms with van der Waals surface area (Å²) in [6, 6.07) is 7.48. The average molecular weight is 264 g/mol. The minimum Gasteiger partial charge on any atom is -0.311 e. The molecule has 1 unspecified atom stereocenters. The molecule has 0 radical (unpaired) electrons. The summed E-state index contributed by atoms with van der Waals surface area (Å²) in [5.74, 6) is 2.71. The third-order valence-electron chi connectivity index (χ3n) is 2.42. The summed E-state index contributed by atoms with van der Waals surface area (Å²) < 4.78 is 0. The second-order valence-electron chi connectivity index (χ2n) is 3.50. The summed E-state index contributed by atoms with van der Waals surface area (Å²) in [5, 5.41) is 0. The summed E-state index contributed by atoms with van der Waals surface area (Å²) in [5.41, 5.74) is 1.75. The molecule has 15 heavy (non-hydrogen) atoms. The number of alkyl halides is 1. The Morgan fingerprint density at radius 1 is 1.40 bits per heavy atom. The van der Waals surface area contributed by atoms with Crippen LogP contribution in [0.2, 0.25) is 0 Å². The van der Waals surface area contributed by atoms with Crippen molar-refractivity contribution in [2.45, 2.75) is 11.2 Å². The van der Waals surface area contributed by atoms with Gasteiger partial charge in [-0.15, -0.1) is 6.42 Å². The fourth-order valence-electron chi connectivity index (χ4n) is 1.65. The van der Waals surface area contributed by atoms with Gasteiger partial charge in [-0.3, -0.25) is 4.79 Å². The first kappa shape index (κ1) is 10.3. The Hall–Kier alpha value is -1.27. The van der Waals surface area contributed by atoms with E-state index >= 15 is 0 Å². The lowest BCUT2D eigenvalue weighted by atomic mass is 10.2. The number of carbonyl (C=O) groups is 1. The summed E-state index contributed by atoms with van der Waals surface area (Å²) in [7, 11) is 0. The summed E-state index contributed by atoms with van der Waals surface area (Å²) in [6.07, 6.45) is 5.83. The van der Waals surface area contributed by atoms with Crippen molar-refractivity contribution < 1.29 is 4.79 Å². The van der Waals surface area contributed by atoms with Crippen molar-refractivity contribution >= 4 is 27.5 Å². The molecule has 1 amide bonds. The van der Waals surface area contributed by atoms with Crippen LogP contribution in [0.4, 0.5) is 5.69 Å². The van der Waals surface area contributed by atoms with E-state index in [0.717, 1.165) is 17.8 Å². The number of amides is 1. The molecule has 0 aliphatic carbocycles. The van der Waals surface area contributed by atoms with Crippen molar-refractivity contribution in [1.82, 2.24) is 0 Å². The van der Waals surface area contributed by atoms with E-state index in [1.54, 1.807) is 4.90 Å². The fourth-order valence-corrected chi connectivity index (χ4v) is 2.22. The van der Waals surface area contributed by atoms with Gasteiger partial charge in [-0.05, 0) is 24.3 Å². The molecule has 3 heteroatoms. The Bertz CT molecular complexity index is 418. The lowest BCUT2D eigenvalue weighted by Crippen LogP contribution is -2.24. The highest BCUT2D eigenvalue weighted by atomic mass is 79.9. The minimum atomic E-state index is 0.158. The van der Waals surface area contributed by atoms with Gasteiger partial charge >= 0.3 is 0 Å². The van der Waals surface area contributed by atoms with Crippen LogP contribution in [0.5, 0.6) is 0 Å². The van der Waals surface area contributed by atoms with Gasteiger partial charge in [0.2, 0.25) is 5.91 Å². The molecule has 0 bridgehead atoms. The van der Waals surface area contributed by atoms with Gasteiger partial charge in [-0.25, -0.2) is 0 Å². The molecule has 1 atom stereocenters. The molecule has 2 nitrogen and oxygen atoms in total. The van der Waals surface area contributed by atoms with Crippen LogP contribution in [0.15, 0.2) is 24.3 Å². The van der Waals surface area contributed by atoms with Gasteiger partial charge in [0, 0.05) is 29.0 Å². The Morgan fingerprint density at radius 3 is 2.53 bits per heavy atom. The molecule has 0 aromatic heterocycles. The first-order chi connectivity index (χ1) is 7.20. The standard InChI is InChI=1S/C12H10BrNO/c1-2-9-3-5-11(6-4-9)14-8-10(13)7-12(14)15/h1,3-6,10H,7-8H2. The number of benzene rings is 1. The molecular weight excluding hydrogens is 254 g/mol. The quantitative estimate of drug-likeness (QED) is 0.562. The van der Waals surface area contributed by atoms with E-state index in [9.17, 15) is 4.79 Å². The third-order valence-corrected chi connectivity index (χ3v) is 3.04. The average Bonchev–Trinajstić information content (AvgIpc) is 2.58. The number of terminal acetylenes is 1. The van der Waals surface area contributed by atoms with Crippen LogP contribution in [0.3, 0.4) is 0 Å². The molecule has 1 saturated heterocycles. The van der Waals surface area contributed by atoms with Gasteiger partial charge in [-0.2, -0.15) is 0 Å². The maximum Gasteiger partial charge on any atom is 0.228 e. The van der Waals surface area contributed by atoms with Crippen LogP contribution >= 0.6 is 15.9 Å². The fraction of sp³-hybridized carbons (Fsp3) is 0.250. The number of halogens is 1. The molecule has 1 aliphatic rings. The Balaban J connectivity index is 2.23. The normalized spacial score (nSPS) is 20.4. The van der Waals surface area contributed by atoms with Crippen LogP contribution in [0, 0.1) is 12.3 Å². The number of hydrogen-bond donors (Lipinski definition) is 0. The summed E-state index contributed by atoms with van der Waals surface area (Å²) in [6.45, 7) is 0.730. The summed E-state index contributed by atoms with van der Waals surface area (Å²) in [4.78, 5) is 13.6. The highest BCUT2D eigenvalue weighted by Crippen LogP contribution is 2.25. The maximum absolute atomic E-state index is 11.6. The molecule has 1 fully saturated rings. The monoisotopic (exact) mass is 263 g/mol. The SMILES string of the molecule is C#Cc1ccc(N2CC(Br)CC2=O)cc1. The van der Waals surface area contributed by atoms with Crippen LogP contribution in [0.1, 0.15) is 12.0 Å². The molecule has 1 aliphatic heterocycles. The van der Waals surface area contributed by atoms with Crippen LogP contribution < -0.4 is 4.90 Å². The second-order valence-corrected chi connectivity index (χ2v) is 4.79. The van der Waals surface area contributed by atoms with E-state index in [1.165, 1.54) is 0 Å². The molecule has 1 aromatic rings. The molecular formula is C12H10BrNO. The van der Waals surface area contributed by atoms with E-state index in [4.69, 9.17) is 6.42 Å². The first-order valence-electron chi connectivity index (χ1n) is 4.72. The predicted octanol–water partition coefficient (Wildman–Crippen LogP) is 2.17. The Kier molecular flexibility index (Phi) is 2.79. The van der Waals surface area contributed by atoms with Crippen LogP contribution in [0.25, 0.3) is 0 Å². The lowest BCUT2D eigenvalue weighted by molar-refractivity contribution is -0.117. The maximum atomic E-state index is 11.6. The van der Waals surface area contributed by atoms with E-state index < -0.39 is 0 Å². The molecule has 1 aromatic carbocycles. The number of carbonyl (C=O) groups excluding carboxylic acids is 1. The van der Waals surface area contributed by atoms with E-state index in [0.29, 0.717) is 6.42 Å². The smallest absolute Gasteiger partial charge is 0.228 e. The zero-order chi connectivity index (χ0) is 10.8. The van der Waals surface area contributed by atoms with E-state index in [-0.39, 0.29) is 10.7 Å². The molecule has 2 rings (SSSR count). The van der Waals surface area contributed by atoms with Crippen molar-refractivity contribution in [2.24, 2.45) is 0 Å². The molecule has 0 saturated carbocycles. The van der Waals surface area contributed by atoms with E-state index in [1.807, 2.05) is 24.3 Å². The third kappa shape index (κ3) is 2.05. The topological polar surface area (TPSA) is 20.3 Å². The van der Waals surface area contributed by atoms with Gasteiger partial charge < -0.3 is 4.90 Å². The van der Waals surface area contributed by atoms with Crippen molar-refractivity contribution in [3.63, 3.8) is 0 Å². The second kappa shape index (κ2) is 4.08. The van der Waals surface area contributed by atoms with Gasteiger partial charge in [0.15, 0.2) is 0 Å². The van der Waals surface area contributed by atoms with Crippen LogP contribution in [-0.4, -0.2) is 17.3 Å². The van der Waals surface area contributed by atoms with Crippen molar-refractivity contribution in [3.8, 4) is 12.3 Å². The highest BCUT2D eigenvalue weighted by Gasteiger charge is 2.28. The minimum absolute atomic E-state index is 0.158. The predicted molar refractivity (Wildman–Crippen MR) is 64.1 cm³/mol. The van der Waals surface area contributed by atoms with Crippen molar-refractivity contribution in [2.75, 3.05) is 11.4 Å². The number of nitrogens with zero attached hydrogens (tertiary/aromatic N) is 1. The van der Waals surface area contributed by atoms with Crippen molar-refractivity contribution in [3.05, 3.63) is 29.8 Å². The molecule has 1 heterocycles. The van der Waals surface area contributed by atoms with Crippen LogP contribution in [-0.2, 0) is 4.79 Å². The van der Waals surface area contributed by atoms with Gasteiger partial charge in [0.25, 0.3) is 0 Å². The Morgan fingerprint density at radius 2 is 2.07 bits per heavy atom. The number of hydrogen-bond acceptors (Lipinski definition) is 1. The lowest BCUT2D eigenvalue weighted by Gasteiger charge is -2.15. The molecule has 76 valence electrons. The van der Waals surface area contributed by atoms with Gasteiger partial charge in [0.05, 0.1) is 0 Å². The zero-order valence-electron chi connectivity index (χ0n) is 8.11. The largest absolute Gasteiger partial charge is 0.311 e. The van der Waals surface area contributed by atoms with Gasteiger partial charge in [0.1, 0.15) is 0 Å². The number of anilines is 1. The number of rotatable bonds is 1. The molecule has 0 spiro atoms. The zero-order valence-corrected chi connectivity index (χ0v) is 9.70. The highest BCUT2D eigenvalue weighted by molar-refractivity contribution is 9.09. The van der Waals surface area contributed by atoms with Crippen molar-refractivity contribution in [1.29, 1.82) is 0 Å². The summed E-state index contributed by atoms with van der Waals surface area (Å²) >= 11 is 3.45. The first-order valence-corrected chi connectivity index (χ1v) is 5.63. The Labute approximate surface area is 97.4 Å². The molecule has 0 N–H and O–H groups in total.